The predicted octanol–water partition coefficient (Wildman–Crippen LogP) is 3.74. The van der Waals surface area contributed by atoms with E-state index in [9.17, 15) is 4.79 Å². The minimum Gasteiger partial charge on any atom is -0.298 e. The second-order valence-electron chi connectivity index (χ2n) is 2.88. The van der Waals surface area contributed by atoms with Gasteiger partial charge in [0.2, 0.25) is 0 Å². The number of halogens is 1. The zero-order chi connectivity index (χ0) is 10.1. The Bertz CT molecular complexity index is 490. The van der Waals surface area contributed by atoms with Gasteiger partial charge in [0.15, 0.2) is 6.29 Å². The minimum absolute atomic E-state index is 0.444. The summed E-state index contributed by atoms with van der Waals surface area (Å²) in [5.41, 5.74) is 1.69. The molecule has 4 heteroatoms. The molecule has 0 unspecified atom stereocenters. The monoisotopic (exact) mass is 242 g/mol. The van der Waals surface area contributed by atoms with Crippen molar-refractivity contribution in [1.29, 1.82) is 0 Å². The van der Waals surface area contributed by atoms with E-state index in [1.807, 2.05) is 17.5 Å². The van der Waals surface area contributed by atoms with Crippen LogP contribution in [0.25, 0.3) is 10.1 Å². The smallest absolute Gasteiger partial charge is 0.152 e. The molecule has 0 saturated heterocycles. The highest BCUT2D eigenvalue weighted by Gasteiger charge is 2.09. The first-order chi connectivity index (χ1) is 6.77. The highest BCUT2D eigenvalue weighted by Crippen LogP contribution is 2.32. The number of aldehydes is 1. The van der Waals surface area contributed by atoms with Gasteiger partial charge in [-0.15, -0.1) is 35.6 Å². The number of hydrogen-bond donors (Lipinski definition) is 1. The molecular weight excluding hydrogens is 236 g/mol. The van der Waals surface area contributed by atoms with Gasteiger partial charge in [-0.1, -0.05) is 0 Å². The maximum Gasteiger partial charge on any atom is 0.152 e. The maximum atomic E-state index is 10.9. The fourth-order valence-corrected chi connectivity index (χ4v) is 3.00. The molecule has 0 fully saturated rings. The van der Waals surface area contributed by atoms with Gasteiger partial charge in [0.1, 0.15) is 0 Å². The van der Waals surface area contributed by atoms with Crippen LogP contribution < -0.4 is 0 Å². The molecule has 0 saturated carbocycles. The summed E-state index contributed by atoms with van der Waals surface area (Å²) in [6.45, 7) is 0. The number of rotatable bonds is 2. The lowest BCUT2D eigenvalue weighted by Crippen LogP contribution is -1.87. The molecule has 0 N–H and O–H groups in total. The van der Waals surface area contributed by atoms with Crippen molar-refractivity contribution in [2.24, 2.45) is 0 Å². The Balaban J connectivity index is 2.88. The van der Waals surface area contributed by atoms with Crippen LogP contribution in [0, 0.1) is 0 Å². The van der Waals surface area contributed by atoms with Crippen molar-refractivity contribution in [1.82, 2.24) is 0 Å². The van der Waals surface area contributed by atoms with Crippen LogP contribution in [-0.2, 0) is 5.88 Å². The Morgan fingerprint density at radius 3 is 3.00 bits per heavy atom. The summed E-state index contributed by atoms with van der Waals surface area (Å²) in [4.78, 5) is 11.6. The Kier molecular flexibility index (Phi) is 2.81. The van der Waals surface area contributed by atoms with Crippen molar-refractivity contribution in [3.63, 3.8) is 0 Å². The van der Waals surface area contributed by atoms with E-state index >= 15 is 0 Å². The zero-order valence-electron chi connectivity index (χ0n) is 7.16. The van der Waals surface area contributed by atoms with Crippen molar-refractivity contribution >= 4 is 51.9 Å². The summed E-state index contributed by atoms with van der Waals surface area (Å²) in [6.07, 6.45) is 0.846. The molecule has 14 heavy (non-hydrogen) atoms. The van der Waals surface area contributed by atoms with Gasteiger partial charge in [0, 0.05) is 21.0 Å². The first-order valence-electron chi connectivity index (χ1n) is 4.01. The molecule has 0 aliphatic rings. The van der Waals surface area contributed by atoms with Gasteiger partial charge in [0.25, 0.3) is 0 Å². The van der Waals surface area contributed by atoms with Gasteiger partial charge in [-0.3, -0.25) is 4.79 Å². The largest absolute Gasteiger partial charge is 0.298 e. The van der Waals surface area contributed by atoms with E-state index in [1.54, 1.807) is 11.3 Å². The molecule has 1 nitrogen and oxygen atoms in total. The second-order valence-corrected chi connectivity index (χ2v) is 4.55. The lowest BCUT2D eigenvalue weighted by molar-refractivity contribution is 0.112. The average Bonchev–Trinajstić information content (AvgIpc) is 2.65. The summed E-state index contributed by atoms with van der Waals surface area (Å²) in [5.74, 6) is 0.444. The standard InChI is InChI=1S/C10H7ClOS2/c11-4-6-3-9(13)8(5-12)10-7(6)1-2-14-10/h1-3,5,13H,4H2. The van der Waals surface area contributed by atoms with Crippen LogP contribution in [0.4, 0.5) is 0 Å². The van der Waals surface area contributed by atoms with E-state index in [0.717, 1.165) is 21.9 Å². The number of benzene rings is 1. The molecule has 0 aliphatic carbocycles. The molecule has 0 amide bonds. The van der Waals surface area contributed by atoms with Crippen molar-refractivity contribution in [2.45, 2.75) is 10.8 Å². The van der Waals surface area contributed by atoms with Gasteiger partial charge in [-0.2, -0.15) is 0 Å². The average molecular weight is 243 g/mol. The van der Waals surface area contributed by atoms with Crippen LogP contribution in [0.5, 0.6) is 0 Å². The third kappa shape index (κ3) is 1.45. The molecule has 72 valence electrons. The minimum atomic E-state index is 0.444. The van der Waals surface area contributed by atoms with Crippen molar-refractivity contribution < 1.29 is 4.79 Å². The number of fused-ring (bicyclic) bond motifs is 1. The summed E-state index contributed by atoms with van der Waals surface area (Å²) in [7, 11) is 0. The summed E-state index contributed by atoms with van der Waals surface area (Å²) in [6, 6.07) is 3.84. The van der Waals surface area contributed by atoms with Gasteiger partial charge in [-0.25, -0.2) is 0 Å². The molecule has 0 aliphatic heterocycles. The summed E-state index contributed by atoms with van der Waals surface area (Å²) < 4.78 is 0.975. The molecule has 0 radical (unpaired) electrons. The van der Waals surface area contributed by atoms with Crippen LogP contribution in [0.1, 0.15) is 15.9 Å². The molecule has 0 atom stereocenters. The predicted molar refractivity (Wildman–Crippen MR) is 64.0 cm³/mol. The number of thiol groups is 1. The summed E-state index contributed by atoms with van der Waals surface area (Å²) in [5, 5.41) is 3.02. The molecule has 0 bridgehead atoms. The number of carbonyl (C=O) groups is 1. The normalized spacial score (nSPS) is 10.7. The molecule has 1 heterocycles. The van der Waals surface area contributed by atoms with Crippen LogP contribution in [0.2, 0.25) is 0 Å². The fraction of sp³-hybridized carbons (Fsp3) is 0.100. The number of thiophene rings is 1. The van der Waals surface area contributed by atoms with E-state index in [0.29, 0.717) is 16.3 Å². The quantitative estimate of drug-likeness (QED) is 0.482. The Hall–Kier alpha value is -0.510. The Morgan fingerprint density at radius 2 is 2.36 bits per heavy atom. The highest BCUT2D eigenvalue weighted by atomic mass is 35.5. The van der Waals surface area contributed by atoms with Crippen LogP contribution in [-0.4, -0.2) is 6.29 Å². The van der Waals surface area contributed by atoms with Crippen LogP contribution in [0.15, 0.2) is 22.4 Å². The SMILES string of the molecule is O=Cc1c(S)cc(CCl)c2ccsc12. The van der Waals surface area contributed by atoms with E-state index in [4.69, 9.17) is 11.6 Å². The van der Waals surface area contributed by atoms with Crippen molar-refractivity contribution in [3.05, 3.63) is 28.6 Å². The van der Waals surface area contributed by atoms with Crippen LogP contribution >= 0.6 is 35.6 Å². The molecule has 0 spiro atoms. The fourth-order valence-electron chi connectivity index (χ4n) is 1.43. The van der Waals surface area contributed by atoms with E-state index in [-0.39, 0.29) is 0 Å². The first-order valence-corrected chi connectivity index (χ1v) is 5.87. The Labute approximate surface area is 96.1 Å². The number of alkyl halides is 1. The number of hydrogen-bond acceptors (Lipinski definition) is 3. The van der Waals surface area contributed by atoms with E-state index < -0.39 is 0 Å². The van der Waals surface area contributed by atoms with Crippen molar-refractivity contribution in [3.8, 4) is 0 Å². The van der Waals surface area contributed by atoms with E-state index in [1.165, 1.54) is 0 Å². The second kappa shape index (κ2) is 3.93. The Morgan fingerprint density at radius 1 is 1.57 bits per heavy atom. The molecule has 1 aromatic heterocycles. The third-order valence-corrected chi connectivity index (χ3v) is 3.71. The molecular formula is C10H7ClOS2. The lowest BCUT2D eigenvalue weighted by atomic mass is 10.1. The van der Waals surface area contributed by atoms with E-state index in [2.05, 4.69) is 12.6 Å². The molecule has 1 aromatic carbocycles. The van der Waals surface area contributed by atoms with Gasteiger partial charge >= 0.3 is 0 Å². The topological polar surface area (TPSA) is 17.1 Å². The van der Waals surface area contributed by atoms with Crippen molar-refractivity contribution in [2.75, 3.05) is 0 Å². The van der Waals surface area contributed by atoms with Gasteiger partial charge < -0.3 is 0 Å². The summed E-state index contributed by atoms with van der Waals surface area (Å²) >= 11 is 11.6. The van der Waals surface area contributed by atoms with Gasteiger partial charge in [-0.05, 0) is 28.5 Å². The maximum absolute atomic E-state index is 10.9. The zero-order valence-corrected chi connectivity index (χ0v) is 9.63. The molecule has 2 aromatic rings. The molecule has 2 rings (SSSR count). The van der Waals surface area contributed by atoms with Gasteiger partial charge in [0.05, 0.1) is 0 Å². The first kappa shape index (κ1) is 10.0. The third-order valence-electron chi connectivity index (χ3n) is 2.10. The van der Waals surface area contributed by atoms with Crippen LogP contribution in [0.3, 0.4) is 0 Å². The lowest BCUT2D eigenvalue weighted by Gasteiger charge is -2.04. The number of carbonyl (C=O) groups excluding carboxylic acids is 1. The highest BCUT2D eigenvalue weighted by molar-refractivity contribution is 7.80.